The van der Waals surface area contributed by atoms with Crippen LogP contribution in [0.25, 0.3) is 10.2 Å². The molecule has 3 rings (SSSR count). The first kappa shape index (κ1) is 16.4. The number of sulfonamides is 1. The minimum Gasteiger partial charge on any atom is -0.239 e. The van der Waals surface area contributed by atoms with Gasteiger partial charge < -0.3 is 0 Å². The summed E-state index contributed by atoms with van der Waals surface area (Å²) in [6, 6.07) is 13.6. The van der Waals surface area contributed by atoms with Crippen molar-refractivity contribution in [2.45, 2.75) is 17.9 Å². The molecule has 4 nitrogen and oxygen atoms in total. The Kier molecular flexibility index (Phi) is 4.42. The molecule has 3 aromatic rings. The summed E-state index contributed by atoms with van der Waals surface area (Å²) < 4.78 is 27.9. The van der Waals surface area contributed by atoms with Crippen LogP contribution in [-0.4, -0.2) is 24.8 Å². The van der Waals surface area contributed by atoms with E-state index in [2.05, 4.69) is 4.98 Å². The summed E-state index contributed by atoms with van der Waals surface area (Å²) in [4.78, 5) is 4.77. The van der Waals surface area contributed by atoms with Crippen LogP contribution >= 0.6 is 22.9 Å². The van der Waals surface area contributed by atoms with Crippen molar-refractivity contribution in [3.8, 4) is 0 Å². The molecule has 0 amide bonds. The van der Waals surface area contributed by atoms with E-state index in [1.54, 1.807) is 19.2 Å². The summed E-state index contributed by atoms with van der Waals surface area (Å²) in [6.07, 6.45) is 0. The number of halogens is 1. The van der Waals surface area contributed by atoms with Gasteiger partial charge in [0.1, 0.15) is 5.01 Å². The second kappa shape index (κ2) is 6.20. The van der Waals surface area contributed by atoms with Gasteiger partial charge in [-0.05, 0) is 43.3 Å². The van der Waals surface area contributed by atoms with Gasteiger partial charge in [-0.15, -0.1) is 11.3 Å². The molecule has 0 unspecified atom stereocenters. The maximum atomic E-state index is 12.7. The predicted molar refractivity (Wildman–Crippen MR) is 94.4 cm³/mol. The molecule has 0 fully saturated rings. The van der Waals surface area contributed by atoms with Crippen molar-refractivity contribution >= 4 is 43.2 Å². The van der Waals surface area contributed by atoms with E-state index < -0.39 is 10.0 Å². The number of benzene rings is 2. The fraction of sp³-hybridized carbons (Fsp3) is 0.188. The van der Waals surface area contributed by atoms with E-state index in [9.17, 15) is 8.42 Å². The zero-order valence-electron chi connectivity index (χ0n) is 12.6. The fourth-order valence-electron chi connectivity index (χ4n) is 2.21. The molecule has 1 atom stereocenters. The number of fused-ring (bicyclic) bond motifs is 1. The molecule has 1 heterocycles. The van der Waals surface area contributed by atoms with Crippen LogP contribution in [-0.2, 0) is 10.0 Å². The summed E-state index contributed by atoms with van der Waals surface area (Å²) in [6.45, 7) is 1.84. The Labute approximate surface area is 144 Å². The Hall–Kier alpha value is -1.47. The molecule has 0 spiro atoms. The number of thiazole rings is 1. The van der Waals surface area contributed by atoms with Gasteiger partial charge in [-0.1, -0.05) is 23.7 Å². The van der Waals surface area contributed by atoms with Gasteiger partial charge in [-0.2, -0.15) is 4.31 Å². The molecule has 0 bridgehead atoms. The maximum absolute atomic E-state index is 12.7. The van der Waals surface area contributed by atoms with E-state index in [0.29, 0.717) is 5.02 Å². The predicted octanol–water partition coefficient (Wildman–Crippen LogP) is 4.33. The Morgan fingerprint density at radius 3 is 2.43 bits per heavy atom. The Morgan fingerprint density at radius 2 is 1.78 bits per heavy atom. The highest BCUT2D eigenvalue weighted by molar-refractivity contribution is 7.89. The number of hydrogen-bond donors (Lipinski definition) is 0. The van der Waals surface area contributed by atoms with Crippen LogP contribution in [0.1, 0.15) is 18.0 Å². The van der Waals surface area contributed by atoms with Gasteiger partial charge in [0.2, 0.25) is 10.0 Å². The fourth-order valence-corrected chi connectivity index (χ4v) is 4.79. The van der Waals surface area contributed by atoms with Crippen LogP contribution in [0, 0.1) is 0 Å². The molecule has 0 aliphatic carbocycles. The van der Waals surface area contributed by atoms with Crippen LogP contribution in [0.4, 0.5) is 0 Å². The van der Waals surface area contributed by atoms with Crippen LogP contribution in [0.5, 0.6) is 0 Å². The molecular formula is C16H15ClN2O2S2. The van der Waals surface area contributed by atoms with Crippen molar-refractivity contribution in [2.75, 3.05) is 7.05 Å². The first-order valence-corrected chi connectivity index (χ1v) is 9.62. The van der Waals surface area contributed by atoms with Gasteiger partial charge >= 0.3 is 0 Å². The van der Waals surface area contributed by atoms with Crippen LogP contribution in [0.2, 0.25) is 5.02 Å². The Morgan fingerprint density at radius 1 is 1.13 bits per heavy atom. The second-order valence-electron chi connectivity index (χ2n) is 5.17. The third-order valence-corrected chi connectivity index (χ3v) is 7.10. The monoisotopic (exact) mass is 366 g/mol. The largest absolute Gasteiger partial charge is 0.243 e. The van der Waals surface area contributed by atoms with Gasteiger partial charge in [0, 0.05) is 12.1 Å². The number of rotatable bonds is 4. The highest BCUT2D eigenvalue weighted by atomic mass is 35.5. The van der Waals surface area contributed by atoms with Crippen molar-refractivity contribution in [1.82, 2.24) is 9.29 Å². The summed E-state index contributed by atoms with van der Waals surface area (Å²) >= 11 is 7.34. The highest BCUT2D eigenvalue weighted by Crippen LogP contribution is 2.31. The third-order valence-electron chi connectivity index (χ3n) is 3.70. The van der Waals surface area contributed by atoms with Gasteiger partial charge in [-0.3, -0.25) is 0 Å². The average Bonchev–Trinajstić information content (AvgIpc) is 2.98. The lowest BCUT2D eigenvalue weighted by Gasteiger charge is -2.22. The van der Waals surface area contributed by atoms with Crippen LogP contribution in [0.15, 0.2) is 53.4 Å². The zero-order chi connectivity index (χ0) is 16.6. The van der Waals surface area contributed by atoms with E-state index in [1.807, 2.05) is 31.2 Å². The summed E-state index contributed by atoms with van der Waals surface area (Å²) in [5.41, 5.74) is 0.886. The zero-order valence-corrected chi connectivity index (χ0v) is 15.0. The molecule has 120 valence electrons. The molecular weight excluding hydrogens is 352 g/mol. The lowest BCUT2D eigenvalue weighted by Crippen LogP contribution is -2.29. The number of hydrogen-bond acceptors (Lipinski definition) is 4. The van der Waals surface area contributed by atoms with Crippen LogP contribution in [0.3, 0.4) is 0 Å². The summed E-state index contributed by atoms with van der Waals surface area (Å²) in [5.74, 6) is 0. The van der Waals surface area contributed by atoms with Crippen molar-refractivity contribution in [3.05, 3.63) is 58.6 Å². The molecule has 23 heavy (non-hydrogen) atoms. The Balaban J connectivity index is 1.94. The van der Waals surface area contributed by atoms with Crippen molar-refractivity contribution in [3.63, 3.8) is 0 Å². The smallest absolute Gasteiger partial charge is 0.239 e. The molecule has 0 aliphatic rings. The molecule has 1 aromatic heterocycles. The number of para-hydroxylation sites is 1. The quantitative estimate of drug-likeness (QED) is 0.690. The van der Waals surface area contributed by atoms with Gasteiger partial charge in [0.25, 0.3) is 0 Å². The third kappa shape index (κ3) is 3.12. The van der Waals surface area contributed by atoms with Crippen LogP contribution < -0.4 is 0 Å². The summed E-state index contributed by atoms with van der Waals surface area (Å²) in [7, 11) is -2.03. The molecule has 0 radical (unpaired) electrons. The second-order valence-corrected chi connectivity index (χ2v) is 8.67. The molecule has 7 heteroatoms. The van der Waals surface area contributed by atoms with Gasteiger partial charge in [-0.25, -0.2) is 13.4 Å². The van der Waals surface area contributed by atoms with Crippen molar-refractivity contribution < 1.29 is 8.42 Å². The topological polar surface area (TPSA) is 50.3 Å². The highest BCUT2D eigenvalue weighted by Gasteiger charge is 2.28. The summed E-state index contributed by atoms with van der Waals surface area (Å²) in [5, 5.41) is 1.28. The first-order valence-electron chi connectivity index (χ1n) is 6.98. The molecule has 0 saturated heterocycles. The lowest BCUT2D eigenvalue weighted by atomic mass is 10.3. The molecule has 0 aliphatic heterocycles. The minimum absolute atomic E-state index is 0.220. The van der Waals surface area contributed by atoms with Gasteiger partial charge in [0.05, 0.1) is 21.2 Å². The number of nitrogens with zero attached hydrogens (tertiary/aromatic N) is 2. The molecule has 0 saturated carbocycles. The normalized spacial score (nSPS) is 13.6. The van der Waals surface area contributed by atoms with E-state index in [-0.39, 0.29) is 10.9 Å². The lowest BCUT2D eigenvalue weighted by molar-refractivity contribution is 0.398. The maximum Gasteiger partial charge on any atom is 0.243 e. The van der Waals surface area contributed by atoms with E-state index in [0.717, 1.165) is 15.2 Å². The average molecular weight is 367 g/mol. The van der Waals surface area contributed by atoms with Gasteiger partial charge in [0.15, 0.2) is 0 Å². The van der Waals surface area contributed by atoms with E-state index in [1.165, 1.54) is 27.8 Å². The SMILES string of the molecule is C[C@@H](c1nc2ccccc2s1)N(C)S(=O)(=O)c1ccc(Cl)cc1. The first-order chi connectivity index (χ1) is 10.9. The van der Waals surface area contributed by atoms with Crippen molar-refractivity contribution in [2.24, 2.45) is 0 Å². The van der Waals surface area contributed by atoms with Crippen molar-refractivity contribution in [1.29, 1.82) is 0 Å². The standard InChI is InChI=1S/C16H15ClN2O2S2/c1-11(16-18-14-5-3-4-6-15(14)22-16)19(2)23(20,21)13-9-7-12(17)8-10-13/h3-11H,1-2H3/t11-/m0/s1. The van der Waals surface area contributed by atoms with E-state index in [4.69, 9.17) is 11.6 Å². The number of aromatic nitrogens is 1. The minimum atomic E-state index is -3.60. The molecule has 2 aromatic carbocycles. The van der Waals surface area contributed by atoms with E-state index >= 15 is 0 Å². The molecule has 0 N–H and O–H groups in total. The Bertz CT molecular complexity index is 903.